The summed E-state index contributed by atoms with van der Waals surface area (Å²) in [7, 11) is 0. The Morgan fingerprint density at radius 2 is 2.15 bits per heavy atom. The maximum absolute atomic E-state index is 12.0. The van der Waals surface area contributed by atoms with E-state index in [4.69, 9.17) is 21.1 Å². The zero-order valence-electron chi connectivity index (χ0n) is 16.2. The molecule has 0 unspecified atom stereocenters. The van der Waals surface area contributed by atoms with Gasteiger partial charge in [-0.15, -0.1) is 0 Å². The second-order valence-electron chi connectivity index (χ2n) is 7.11. The summed E-state index contributed by atoms with van der Waals surface area (Å²) in [5, 5.41) is 0.474. The minimum absolute atomic E-state index is 0.0631. The minimum Gasteiger partial charge on any atom is -0.447 e. The van der Waals surface area contributed by atoms with Gasteiger partial charge < -0.3 is 14.4 Å². The third kappa shape index (κ3) is 7.85. The second kappa shape index (κ2) is 11.2. The van der Waals surface area contributed by atoms with Crippen molar-refractivity contribution in [2.45, 2.75) is 64.6 Å². The molecule has 150 valence electrons. The molecular formula is C20H29ClN2O4. The molecule has 2 heterocycles. The van der Waals surface area contributed by atoms with Gasteiger partial charge in [-0.3, -0.25) is 4.79 Å². The molecule has 1 aliphatic heterocycles. The summed E-state index contributed by atoms with van der Waals surface area (Å²) in [6, 6.07) is 3.73. The molecule has 1 aromatic rings. The number of amides is 1. The maximum atomic E-state index is 12.0. The van der Waals surface area contributed by atoms with E-state index in [1.807, 2.05) is 26.0 Å². The molecule has 1 amide bonds. The van der Waals surface area contributed by atoms with Gasteiger partial charge in [-0.25, -0.2) is 9.78 Å². The fourth-order valence-corrected chi connectivity index (χ4v) is 3.20. The summed E-state index contributed by atoms with van der Waals surface area (Å²) in [6.45, 7) is 5.55. The summed E-state index contributed by atoms with van der Waals surface area (Å²) in [6.07, 6.45) is 5.49. The van der Waals surface area contributed by atoms with E-state index >= 15 is 0 Å². The van der Waals surface area contributed by atoms with Crippen LogP contribution in [-0.2, 0) is 20.7 Å². The van der Waals surface area contributed by atoms with Crippen molar-refractivity contribution >= 4 is 23.5 Å². The third-order valence-corrected chi connectivity index (χ3v) is 4.79. The molecule has 1 saturated heterocycles. The van der Waals surface area contributed by atoms with Crippen molar-refractivity contribution in [2.24, 2.45) is 0 Å². The number of rotatable bonds is 10. The van der Waals surface area contributed by atoms with Crippen LogP contribution in [0.2, 0.25) is 5.15 Å². The largest absolute Gasteiger partial charge is 0.447 e. The van der Waals surface area contributed by atoms with Crippen LogP contribution in [0.5, 0.6) is 0 Å². The number of aryl methyl sites for hydroxylation is 1. The molecular weight excluding hydrogens is 368 g/mol. The number of unbranched alkanes of at least 4 members (excludes halogenated alkanes) is 1. The van der Waals surface area contributed by atoms with E-state index in [0.29, 0.717) is 44.1 Å². The molecule has 2 rings (SSSR count). The van der Waals surface area contributed by atoms with E-state index in [9.17, 15) is 9.59 Å². The van der Waals surface area contributed by atoms with Crippen LogP contribution >= 0.6 is 11.6 Å². The van der Waals surface area contributed by atoms with E-state index in [-0.39, 0.29) is 24.1 Å². The summed E-state index contributed by atoms with van der Waals surface area (Å²) in [4.78, 5) is 29.5. The third-order valence-electron chi connectivity index (χ3n) is 4.45. The lowest BCUT2D eigenvalue weighted by Gasteiger charge is -2.18. The van der Waals surface area contributed by atoms with Gasteiger partial charge in [-0.05, 0) is 51.2 Å². The minimum atomic E-state index is -0.268. The topological polar surface area (TPSA) is 68.7 Å². The van der Waals surface area contributed by atoms with Gasteiger partial charge in [0, 0.05) is 32.2 Å². The van der Waals surface area contributed by atoms with Gasteiger partial charge in [-0.2, -0.15) is 0 Å². The number of pyridine rings is 1. The molecule has 27 heavy (non-hydrogen) atoms. The molecule has 1 atom stereocenters. The lowest BCUT2D eigenvalue weighted by atomic mass is 10.1. The van der Waals surface area contributed by atoms with Crippen molar-refractivity contribution < 1.29 is 19.1 Å². The highest BCUT2D eigenvalue weighted by atomic mass is 35.5. The van der Waals surface area contributed by atoms with Crippen molar-refractivity contribution in [3.8, 4) is 0 Å². The van der Waals surface area contributed by atoms with Crippen LogP contribution in [0.1, 0.15) is 51.5 Å². The van der Waals surface area contributed by atoms with Gasteiger partial charge in [0.05, 0.1) is 18.8 Å². The maximum Gasteiger partial charge on any atom is 0.410 e. The van der Waals surface area contributed by atoms with Gasteiger partial charge in [0.1, 0.15) is 10.9 Å². The van der Waals surface area contributed by atoms with E-state index < -0.39 is 0 Å². The Morgan fingerprint density at radius 3 is 2.89 bits per heavy atom. The molecule has 0 radical (unpaired) electrons. The molecule has 0 aliphatic carbocycles. The molecule has 0 N–H and O–H groups in total. The summed E-state index contributed by atoms with van der Waals surface area (Å²) >= 11 is 6.00. The van der Waals surface area contributed by atoms with Crippen molar-refractivity contribution in [3.63, 3.8) is 0 Å². The van der Waals surface area contributed by atoms with E-state index in [1.54, 1.807) is 11.1 Å². The molecule has 0 spiro atoms. The van der Waals surface area contributed by atoms with Gasteiger partial charge in [0.2, 0.25) is 0 Å². The van der Waals surface area contributed by atoms with Crippen LogP contribution in [0.25, 0.3) is 0 Å². The molecule has 6 nitrogen and oxygen atoms in total. The van der Waals surface area contributed by atoms with Crippen molar-refractivity contribution in [3.05, 3.63) is 29.0 Å². The standard InChI is InChI=1S/C20H29ClN2O4/c1-15(2)27-20(25)23-12-10-18(14-23)26-13-4-3-7-17(24)9-8-16-6-5-11-22-19(16)21/h5-6,11,15,18H,3-4,7-10,12-14H2,1-2H3/t18-/m1/s1. The number of ether oxygens (including phenoxy) is 2. The zero-order valence-corrected chi connectivity index (χ0v) is 16.9. The summed E-state index contributed by atoms with van der Waals surface area (Å²) in [5.41, 5.74) is 0.914. The van der Waals surface area contributed by atoms with E-state index in [2.05, 4.69) is 4.98 Å². The van der Waals surface area contributed by atoms with Crippen LogP contribution in [0, 0.1) is 0 Å². The zero-order chi connectivity index (χ0) is 19.6. The summed E-state index contributed by atoms with van der Waals surface area (Å²) in [5.74, 6) is 0.235. The predicted octanol–water partition coefficient (Wildman–Crippen LogP) is 4.04. The van der Waals surface area contributed by atoms with Gasteiger partial charge >= 0.3 is 6.09 Å². The smallest absolute Gasteiger partial charge is 0.410 e. The van der Waals surface area contributed by atoms with Crippen molar-refractivity contribution in [1.82, 2.24) is 9.88 Å². The normalized spacial score (nSPS) is 16.7. The first kappa shape index (κ1) is 21.6. The molecule has 1 fully saturated rings. The lowest BCUT2D eigenvalue weighted by Crippen LogP contribution is -2.32. The second-order valence-corrected chi connectivity index (χ2v) is 7.47. The Balaban J connectivity index is 1.53. The van der Waals surface area contributed by atoms with Crippen LogP contribution in [0.15, 0.2) is 18.3 Å². The van der Waals surface area contributed by atoms with Crippen molar-refractivity contribution in [2.75, 3.05) is 19.7 Å². The van der Waals surface area contributed by atoms with E-state index in [1.165, 1.54) is 0 Å². The number of hydrogen-bond donors (Lipinski definition) is 0. The SMILES string of the molecule is CC(C)OC(=O)N1CC[C@@H](OCCCCC(=O)CCc2cccnc2Cl)C1. The van der Waals surface area contributed by atoms with Crippen LogP contribution in [0.3, 0.4) is 0 Å². The Bertz CT molecular complexity index is 624. The lowest BCUT2D eigenvalue weighted by molar-refractivity contribution is -0.119. The molecule has 0 aromatic carbocycles. The fraction of sp³-hybridized carbons (Fsp3) is 0.650. The summed E-state index contributed by atoms with van der Waals surface area (Å²) < 4.78 is 11.0. The number of nitrogens with zero attached hydrogens (tertiary/aromatic N) is 2. The highest BCUT2D eigenvalue weighted by Crippen LogP contribution is 2.16. The number of halogens is 1. The van der Waals surface area contributed by atoms with E-state index in [0.717, 1.165) is 24.8 Å². The molecule has 1 aliphatic rings. The highest BCUT2D eigenvalue weighted by molar-refractivity contribution is 6.30. The van der Waals surface area contributed by atoms with Gasteiger partial charge in [0.25, 0.3) is 0 Å². The highest BCUT2D eigenvalue weighted by Gasteiger charge is 2.28. The molecule has 7 heteroatoms. The Labute approximate surface area is 166 Å². The van der Waals surface area contributed by atoms with Gasteiger partial charge in [-0.1, -0.05) is 17.7 Å². The first-order chi connectivity index (χ1) is 13.0. The average Bonchev–Trinajstić information content (AvgIpc) is 3.09. The number of Topliss-reactive ketones (excluding diaryl/α,β-unsaturated/α-hetero) is 1. The van der Waals surface area contributed by atoms with Crippen LogP contribution in [0.4, 0.5) is 4.79 Å². The molecule has 1 aromatic heterocycles. The molecule has 0 bridgehead atoms. The number of ketones is 1. The Morgan fingerprint density at radius 1 is 1.33 bits per heavy atom. The number of carbonyl (C=O) groups is 2. The Kier molecular flexibility index (Phi) is 9.01. The first-order valence-electron chi connectivity index (χ1n) is 9.64. The number of aromatic nitrogens is 1. The van der Waals surface area contributed by atoms with Gasteiger partial charge in [0.15, 0.2) is 0 Å². The molecule has 0 saturated carbocycles. The average molecular weight is 397 g/mol. The predicted molar refractivity (Wildman–Crippen MR) is 104 cm³/mol. The monoisotopic (exact) mass is 396 g/mol. The van der Waals surface area contributed by atoms with Crippen molar-refractivity contribution in [1.29, 1.82) is 0 Å². The Hall–Kier alpha value is -1.66. The quantitative estimate of drug-likeness (QED) is 0.441. The first-order valence-corrected chi connectivity index (χ1v) is 10.0. The number of likely N-dealkylation sites (tertiary alicyclic amines) is 1. The van der Waals surface area contributed by atoms with Crippen LogP contribution in [-0.4, -0.2) is 53.7 Å². The van der Waals surface area contributed by atoms with Crippen LogP contribution < -0.4 is 0 Å². The number of hydrogen-bond acceptors (Lipinski definition) is 5. The number of carbonyl (C=O) groups excluding carboxylic acids is 2. The fourth-order valence-electron chi connectivity index (χ4n) is 2.99.